The maximum absolute atomic E-state index is 12.4. The Bertz CT molecular complexity index is 834. The van der Waals surface area contributed by atoms with Crippen LogP contribution < -0.4 is 14.8 Å². The van der Waals surface area contributed by atoms with Crippen molar-refractivity contribution in [3.05, 3.63) is 63.2 Å². The van der Waals surface area contributed by atoms with Crippen LogP contribution in [-0.4, -0.2) is 24.0 Å². The second-order valence-corrected chi connectivity index (χ2v) is 5.86. The van der Waals surface area contributed by atoms with E-state index in [4.69, 9.17) is 9.47 Å². The van der Waals surface area contributed by atoms with Crippen LogP contribution in [0.1, 0.15) is 34.5 Å². The molecule has 1 aliphatic rings. The van der Waals surface area contributed by atoms with E-state index in [-0.39, 0.29) is 23.2 Å². The fraction of sp³-hybridized carbons (Fsp3) is 0.278. The number of hydrogen-bond acceptors (Lipinski definition) is 5. The summed E-state index contributed by atoms with van der Waals surface area (Å²) in [5.41, 5.74) is 1.56. The molecule has 0 aromatic heterocycles. The van der Waals surface area contributed by atoms with Crippen LogP contribution in [0.25, 0.3) is 0 Å². The highest BCUT2D eigenvalue weighted by Crippen LogP contribution is 2.32. The zero-order chi connectivity index (χ0) is 18.0. The van der Waals surface area contributed by atoms with Crippen LogP contribution in [0.4, 0.5) is 5.69 Å². The van der Waals surface area contributed by atoms with Gasteiger partial charge in [-0.3, -0.25) is 14.9 Å². The number of nitrogens with zero attached hydrogens (tertiary/aromatic N) is 1. The molecule has 1 atom stereocenters. The largest absolute Gasteiger partial charge is 0.486 e. The van der Waals surface area contributed by atoms with E-state index < -0.39 is 4.92 Å². The summed E-state index contributed by atoms with van der Waals surface area (Å²) in [6, 6.07) is 9.65. The van der Waals surface area contributed by atoms with E-state index in [0.717, 1.165) is 5.56 Å². The average Bonchev–Trinajstić information content (AvgIpc) is 2.61. The zero-order valence-electron chi connectivity index (χ0n) is 13.9. The average molecular weight is 342 g/mol. The Labute approximate surface area is 144 Å². The van der Waals surface area contributed by atoms with Gasteiger partial charge < -0.3 is 14.8 Å². The second-order valence-electron chi connectivity index (χ2n) is 5.86. The van der Waals surface area contributed by atoms with Crippen LogP contribution in [0.15, 0.2) is 36.4 Å². The lowest BCUT2D eigenvalue weighted by Crippen LogP contribution is -2.27. The Morgan fingerprint density at radius 2 is 1.88 bits per heavy atom. The molecular formula is C18H18N2O5. The van der Waals surface area contributed by atoms with Crippen LogP contribution in [0.5, 0.6) is 11.5 Å². The molecule has 2 aromatic rings. The summed E-state index contributed by atoms with van der Waals surface area (Å²) in [6.45, 7) is 4.48. The molecule has 0 radical (unpaired) electrons. The van der Waals surface area contributed by atoms with E-state index >= 15 is 0 Å². The van der Waals surface area contributed by atoms with Crippen molar-refractivity contribution in [2.75, 3.05) is 13.2 Å². The van der Waals surface area contributed by atoms with Gasteiger partial charge in [0.25, 0.3) is 11.6 Å². The predicted molar refractivity (Wildman–Crippen MR) is 91.1 cm³/mol. The summed E-state index contributed by atoms with van der Waals surface area (Å²) in [6.07, 6.45) is 0. The molecule has 0 bridgehead atoms. The highest BCUT2D eigenvalue weighted by atomic mass is 16.6. The first-order valence-corrected chi connectivity index (χ1v) is 7.91. The fourth-order valence-electron chi connectivity index (χ4n) is 2.64. The summed E-state index contributed by atoms with van der Waals surface area (Å²) >= 11 is 0. The van der Waals surface area contributed by atoms with Gasteiger partial charge in [-0.15, -0.1) is 0 Å². The number of nitro benzene ring substituents is 1. The Morgan fingerprint density at radius 1 is 1.16 bits per heavy atom. The van der Waals surface area contributed by atoms with Crippen molar-refractivity contribution >= 4 is 11.6 Å². The topological polar surface area (TPSA) is 90.7 Å². The minimum absolute atomic E-state index is 0.0698. The molecule has 0 saturated heterocycles. The number of nitrogens with one attached hydrogen (secondary N) is 1. The van der Waals surface area contributed by atoms with Crippen molar-refractivity contribution in [2.24, 2.45) is 0 Å². The maximum atomic E-state index is 12.4. The van der Waals surface area contributed by atoms with Crippen LogP contribution >= 0.6 is 0 Å². The Morgan fingerprint density at radius 3 is 2.60 bits per heavy atom. The number of hydrogen-bond donors (Lipinski definition) is 1. The highest BCUT2D eigenvalue weighted by Gasteiger charge is 2.18. The van der Waals surface area contributed by atoms with Gasteiger partial charge in [0.2, 0.25) is 0 Å². The molecule has 0 fully saturated rings. The van der Waals surface area contributed by atoms with Crippen molar-refractivity contribution in [3.8, 4) is 11.5 Å². The van der Waals surface area contributed by atoms with Gasteiger partial charge in [-0.25, -0.2) is 0 Å². The normalized spacial score (nSPS) is 13.8. The summed E-state index contributed by atoms with van der Waals surface area (Å²) in [5.74, 6) is 0.962. The fourth-order valence-corrected chi connectivity index (χ4v) is 2.64. The molecule has 7 nitrogen and oxygen atoms in total. The van der Waals surface area contributed by atoms with Gasteiger partial charge in [0, 0.05) is 17.2 Å². The van der Waals surface area contributed by atoms with Crippen molar-refractivity contribution in [1.82, 2.24) is 5.32 Å². The van der Waals surface area contributed by atoms with Gasteiger partial charge in [-0.1, -0.05) is 12.1 Å². The molecule has 1 heterocycles. The molecule has 2 aromatic carbocycles. The van der Waals surface area contributed by atoms with Crippen LogP contribution in [0.2, 0.25) is 0 Å². The Balaban J connectivity index is 1.76. The molecule has 0 aliphatic carbocycles. The number of rotatable bonds is 4. The summed E-state index contributed by atoms with van der Waals surface area (Å²) < 4.78 is 11.0. The Hall–Kier alpha value is -3.09. The molecule has 25 heavy (non-hydrogen) atoms. The molecule has 0 spiro atoms. The molecule has 130 valence electrons. The maximum Gasteiger partial charge on any atom is 0.273 e. The van der Waals surface area contributed by atoms with Crippen LogP contribution in [0.3, 0.4) is 0 Å². The molecule has 1 unspecified atom stereocenters. The van der Waals surface area contributed by atoms with Gasteiger partial charge >= 0.3 is 0 Å². The van der Waals surface area contributed by atoms with Gasteiger partial charge in [0.15, 0.2) is 11.5 Å². The summed E-state index contributed by atoms with van der Waals surface area (Å²) in [5, 5.41) is 13.9. The number of fused-ring (bicyclic) bond motifs is 1. The highest BCUT2D eigenvalue weighted by molar-refractivity contribution is 5.95. The molecule has 1 aliphatic heterocycles. The molecule has 3 rings (SSSR count). The van der Waals surface area contributed by atoms with E-state index in [9.17, 15) is 14.9 Å². The standard InChI is InChI=1S/C18H18N2O5/c1-11-3-4-14(9-15(11)20(22)23)18(21)19-12(2)13-5-6-16-17(10-13)25-8-7-24-16/h3-6,9-10,12H,7-8H2,1-2H3,(H,19,21). The predicted octanol–water partition coefficient (Wildman–Crippen LogP) is 3.17. The quantitative estimate of drug-likeness (QED) is 0.681. The van der Waals surface area contributed by atoms with Crippen LogP contribution in [-0.2, 0) is 0 Å². The molecule has 7 heteroatoms. The van der Waals surface area contributed by atoms with E-state index in [1.165, 1.54) is 6.07 Å². The number of nitro groups is 1. The number of ether oxygens (including phenoxy) is 2. The minimum Gasteiger partial charge on any atom is -0.486 e. The zero-order valence-corrected chi connectivity index (χ0v) is 13.9. The third-order valence-corrected chi connectivity index (χ3v) is 4.08. The van der Waals surface area contributed by atoms with Gasteiger partial charge in [0.1, 0.15) is 13.2 Å². The number of carbonyl (C=O) groups is 1. The van der Waals surface area contributed by atoms with Crippen molar-refractivity contribution in [3.63, 3.8) is 0 Å². The van der Waals surface area contributed by atoms with Crippen molar-refractivity contribution < 1.29 is 19.2 Å². The SMILES string of the molecule is Cc1ccc(C(=O)NC(C)c2ccc3c(c2)OCCO3)cc1[N+](=O)[O-]. The van der Waals surface area contributed by atoms with Gasteiger partial charge in [-0.2, -0.15) is 0 Å². The third kappa shape index (κ3) is 3.55. The molecule has 1 N–H and O–H groups in total. The van der Waals surface area contributed by atoms with Gasteiger partial charge in [0.05, 0.1) is 11.0 Å². The summed E-state index contributed by atoms with van der Waals surface area (Å²) in [7, 11) is 0. The van der Waals surface area contributed by atoms with E-state index in [1.807, 2.05) is 25.1 Å². The first-order chi connectivity index (χ1) is 12.0. The lowest BCUT2D eigenvalue weighted by atomic mass is 10.1. The van der Waals surface area contributed by atoms with E-state index in [2.05, 4.69) is 5.32 Å². The van der Waals surface area contributed by atoms with Crippen molar-refractivity contribution in [2.45, 2.75) is 19.9 Å². The van der Waals surface area contributed by atoms with Crippen LogP contribution in [0, 0.1) is 17.0 Å². The first-order valence-electron chi connectivity index (χ1n) is 7.91. The van der Waals surface area contributed by atoms with Gasteiger partial charge in [-0.05, 0) is 37.6 Å². The number of carbonyl (C=O) groups excluding carboxylic acids is 1. The smallest absolute Gasteiger partial charge is 0.273 e. The monoisotopic (exact) mass is 342 g/mol. The minimum atomic E-state index is -0.490. The Kier molecular flexibility index (Phi) is 4.56. The lowest BCUT2D eigenvalue weighted by Gasteiger charge is -2.21. The van der Waals surface area contributed by atoms with E-state index in [1.54, 1.807) is 19.1 Å². The third-order valence-electron chi connectivity index (χ3n) is 4.08. The second kappa shape index (κ2) is 6.80. The number of benzene rings is 2. The number of amides is 1. The molecular weight excluding hydrogens is 324 g/mol. The molecule has 0 saturated carbocycles. The first kappa shape index (κ1) is 16.8. The summed E-state index contributed by atoms with van der Waals surface area (Å²) in [4.78, 5) is 22.9. The number of aryl methyl sites for hydroxylation is 1. The molecule has 1 amide bonds. The van der Waals surface area contributed by atoms with Crippen molar-refractivity contribution in [1.29, 1.82) is 0 Å². The lowest BCUT2D eigenvalue weighted by molar-refractivity contribution is -0.385. The van der Waals surface area contributed by atoms with E-state index in [0.29, 0.717) is 30.3 Å².